The smallest absolute Gasteiger partial charge is 0.266 e. The molecule has 0 aromatic heterocycles. The van der Waals surface area contributed by atoms with E-state index in [-0.39, 0.29) is 5.57 Å². The van der Waals surface area contributed by atoms with E-state index < -0.39 is 5.91 Å². The number of anilines is 1. The minimum Gasteiger partial charge on any atom is -0.489 e. The maximum atomic E-state index is 12.8. The summed E-state index contributed by atoms with van der Waals surface area (Å²) in [6.45, 7) is 4.92. The van der Waals surface area contributed by atoms with Crippen molar-refractivity contribution in [1.29, 1.82) is 5.26 Å². The standard InChI is InChI=1S/C32H26BrClN2O3/c1-21-7-8-24(15-22(21)2)19-39-31-14-9-23(17-29(31)33)16-26(18-35)32(37)36-27-10-12-28(13-11-27)38-20-25-5-3-4-6-30(25)34/h3-17H,19-20H2,1-2H3,(H,36,37)/b26-16+. The third kappa shape index (κ3) is 7.73. The molecule has 0 fully saturated rings. The van der Waals surface area contributed by atoms with Gasteiger partial charge in [0.15, 0.2) is 0 Å². The lowest BCUT2D eigenvalue weighted by atomic mass is 10.1. The van der Waals surface area contributed by atoms with E-state index in [2.05, 4.69) is 47.2 Å². The molecule has 4 aromatic rings. The molecule has 0 saturated heterocycles. The molecule has 5 nitrogen and oxygen atoms in total. The number of carbonyl (C=O) groups is 1. The second-order valence-corrected chi connectivity index (χ2v) is 10.2. The monoisotopic (exact) mass is 600 g/mol. The van der Waals surface area contributed by atoms with E-state index in [0.717, 1.165) is 15.6 Å². The Kier molecular flexibility index (Phi) is 9.43. The van der Waals surface area contributed by atoms with Crippen molar-refractivity contribution in [2.24, 2.45) is 0 Å². The van der Waals surface area contributed by atoms with Gasteiger partial charge in [-0.15, -0.1) is 0 Å². The minimum absolute atomic E-state index is 0.0234. The molecule has 0 atom stereocenters. The molecule has 0 unspecified atom stereocenters. The second kappa shape index (κ2) is 13.1. The molecular weight excluding hydrogens is 576 g/mol. The van der Waals surface area contributed by atoms with Gasteiger partial charge in [0.25, 0.3) is 5.91 Å². The molecule has 39 heavy (non-hydrogen) atoms. The fourth-order valence-electron chi connectivity index (χ4n) is 3.70. The van der Waals surface area contributed by atoms with Crippen molar-refractivity contribution in [2.45, 2.75) is 27.1 Å². The third-order valence-electron chi connectivity index (χ3n) is 6.06. The van der Waals surface area contributed by atoms with Gasteiger partial charge in [0, 0.05) is 16.3 Å². The van der Waals surface area contributed by atoms with Gasteiger partial charge >= 0.3 is 0 Å². The zero-order valence-electron chi connectivity index (χ0n) is 21.5. The molecule has 0 aliphatic carbocycles. The van der Waals surface area contributed by atoms with Gasteiger partial charge in [-0.2, -0.15) is 5.26 Å². The number of benzene rings is 4. The van der Waals surface area contributed by atoms with Crippen molar-refractivity contribution < 1.29 is 14.3 Å². The van der Waals surface area contributed by atoms with Gasteiger partial charge in [0.2, 0.25) is 0 Å². The van der Waals surface area contributed by atoms with Crippen molar-refractivity contribution >= 4 is 45.2 Å². The predicted molar refractivity (Wildman–Crippen MR) is 159 cm³/mol. The van der Waals surface area contributed by atoms with Crippen LogP contribution in [0, 0.1) is 25.2 Å². The summed E-state index contributed by atoms with van der Waals surface area (Å²) in [5.41, 5.74) is 5.63. The van der Waals surface area contributed by atoms with E-state index >= 15 is 0 Å². The van der Waals surface area contributed by atoms with Gasteiger partial charge in [-0.3, -0.25) is 4.79 Å². The largest absolute Gasteiger partial charge is 0.489 e. The van der Waals surface area contributed by atoms with Gasteiger partial charge in [-0.25, -0.2) is 0 Å². The highest BCUT2D eigenvalue weighted by atomic mass is 79.9. The first-order valence-corrected chi connectivity index (χ1v) is 13.4. The summed E-state index contributed by atoms with van der Waals surface area (Å²) in [4.78, 5) is 12.8. The van der Waals surface area contributed by atoms with Crippen LogP contribution >= 0.6 is 27.5 Å². The average molecular weight is 602 g/mol. The molecule has 4 aromatic carbocycles. The van der Waals surface area contributed by atoms with E-state index in [1.807, 2.05) is 48.5 Å². The van der Waals surface area contributed by atoms with Crippen molar-refractivity contribution in [3.63, 3.8) is 0 Å². The Morgan fingerprint density at radius 3 is 2.41 bits per heavy atom. The highest BCUT2D eigenvalue weighted by Gasteiger charge is 2.11. The Morgan fingerprint density at radius 2 is 1.72 bits per heavy atom. The van der Waals surface area contributed by atoms with Crippen LogP contribution in [0.15, 0.2) is 95.0 Å². The molecule has 0 aliphatic heterocycles. The summed E-state index contributed by atoms with van der Waals surface area (Å²) in [5.74, 6) is 0.798. The number of nitriles is 1. The Hall–Kier alpha value is -4.05. The summed E-state index contributed by atoms with van der Waals surface area (Å²) < 4.78 is 12.5. The third-order valence-corrected chi connectivity index (χ3v) is 7.05. The van der Waals surface area contributed by atoms with Gasteiger partial charge < -0.3 is 14.8 Å². The number of hydrogen-bond acceptors (Lipinski definition) is 4. The van der Waals surface area contributed by atoms with Crippen LogP contribution in [-0.2, 0) is 18.0 Å². The topological polar surface area (TPSA) is 71.3 Å². The number of nitrogens with one attached hydrogen (secondary N) is 1. The van der Waals surface area contributed by atoms with Crippen molar-refractivity contribution in [2.75, 3.05) is 5.32 Å². The lowest BCUT2D eigenvalue weighted by Crippen LogP contribution is -2.13. The number of hydrogen-bond donors (Lipinski definition) is 1. The molecule has 0 radical (unpaired) electrons. The molecule has 0 bridgehead atoms. The molecule has 1 amide bonds. The molecule has 7 heteroatoms. The number of rotatable bonds is 9. The van der Waals surface area contributed by atoms with Crippen LogP contribution in [0.4, 0.5) is 5.69 Å². The summed E-state index contributed by atoms with van der Waals surface area (Å²) in [7, 11) is 0. The average Bonchev–Trinajstić information content (AvgIpc) is 2.93. The molecular formula is C32H26BrClN2O3. The summed E-state index contributed by atoms with van der Waals surface area (Å²) >= 11 is 9.70. The Balaban J connectivity index is 1.36. The van der Waals surface area contributed by atoms with Crippen molar-refractivity contribution in [1.82, 2.24) is 0 Å². The van der Waals surface area contributed by atoms with E-state index in [4.69, 9.17) is 21.1 Å². The SMILES string of the molecule is Cc1ccc(COc2ccc(/C=C(\C#N)C(=O)Nc3ccc(OCc4ccccc4Cl)cc3)cc2Br)cc1C. The zero-order valence-corrected chi connectivity index (χ0v) is 23.8. The Morgan fingerprint density at radius 1 is 0.949 bits per heavy atom. The highest BCUT2D eigenvalue weighted by Crippen LogP contribution is 2.28. The molecule has 0 aliphatic rings. The predicted octanol–water partition coefficient (Wildman–Crippen LogP) is 8.42. The first-order valence-electron chi connectivity index (χ1n) is 12.2. The van der Waals surface area contributed by atoms with Crippen LogP contribution < -0.4 is 14.8 Å². The van der Waals surface area contributed by atoms with E-state index in [9.17, 15) is 10.1 Å². The first kappa shape index (κ1) is 28.0. The number of halogens is 2. The minimum atomic E-state index is -0.506. The maximum Gasteiger partial charge on any atom is 0.266 e. The van der Waals surface area contributed by atoms with Gasteiger partial charge in [-0.05, 0) is 101 Å². The maximum absolute atomic E-state index is 12.8. The number of carbonyl (C=O) groups excluding carboxylic acids is 1. The zero-order chi connectivity index (χ0) is 27.8. The van der Waals surface area contributed by atoms with E-state index in [1.165, 1.54) is 17.2 Å². The molecule has 0 saturated carbocycles. The van der Waals surface area contributed by atoms with Crippen LogP contribution in [0.2, 0.25) is 5.02 Å². The number of ether oxygens (including phenoxy) is 2. The quantitative estimate of drug-likeness (QED) is 0.154. The number of amides is 1. The fraction of sp³-hybridized carbons (Fsp3) is 0.125. The summed E-state index contributed by atoms with van der Waals surface area (Å²) in [6.07, 6.45) is 1.54. The second-order valence-electron chi connectivity index (χ2n) is 8.93. The van der Waals surface area contributed by atoms with Crippen LogP contribution in [-0.4, -0.2) is 5.91 Å². The van der Waals surface area contributed by atoms with Crippen molar-refractivity contribution in [3.8, 4) is 17.6 Å². The van der Waals surface area contributed by atoms with E-state index in [1.54, 1.807) is 30.3 Å². The fourth-order valence-corrected chi connectivity index (χ4v) is 4.40. The molecule has 1 N–H and O–H groups in total. The lowest BCUT2D eigenvalue weighted by molar-refractivity contribution is -0.112. The molecule has 0 spiro atoms. The number of nitrogens with zero attached hydrogens (tertiary/aromatic N) is 1. The van der Waals surface area contributed by atoms with Crippen LogP contribution in [0.25, 0.3) is 6.08 Å². The molecule has 0 heterocycles. The Bertz CT molecular complexity index is 1560. The van der Waals surface area contributed by atoms with Gasteiger partial charge in [-0.1, -0.05) is 54.1 Å². The Labute approximate surface area is 241 Å². The van der Waals surface area contributed by atoms with Gasteiger partial charge in [0.05, 0.1) is 4.47 Å². The lowest BCUT2D eigenvalue weighted by Gasteiger charge is -2.11. The van der Waals surface area contributed by atoms with Crippen molar-refractivity contribution in [3.05, 3.63) is 128 Å². The summed E-state index contributed by atoms with van der Waals surface area (Å²) in [6, 6.07) is 28.0. The molecule has 4 rings (SSSR count). The molecule has 196 valence electrons. The van der Waals surface area contributed by atoms with Crippen LogP contribution in [0.3, 0.4) is 0 Å². The van der Waals surface area contributed by atoms with Gasteiger partial charge in [0.1, 0.15) is 36.4 Å². The van der Waals surface area contributed by atoms with Crippen LogP contribution in [0.1, 0.15) is 27.8 Å². The first-order chi connectivity index (χ1) is 18.8. The summed E-state index contributed by atoms with van der Waals surface area (Å²) in [5, 5.41) is 13.0. The highest BCUT2D eigenvalue weighted by molar-refractivity contribution is 9.10. The number of aryl methyl sites for hydroxylation is 2. The van der Waals surface area contributed by atoms with E-state index in [0.29, 0.717) is 41.0 Å². The van der Waals surface area contributed by atoms with Crippen LogP contribution in [0.5, 0.6) is 11.5 Å². The normalized spacial score (nSPS) is 11.0.